The Labute approximate surface area is 124 Å². The van der Waals surface area contributed by atoms with Crippen molar-refractivity contribution in [2.24, 2.45) is 0 Å². The first kappa shape index (κ1) is 15.5. The smallest absolute Gasteiger partial charge is 0.335 e. The number of carbonyl (C=O) groups is 2. The summed E-state index contributed by atoms with van der Waals surface area (Å²) in [5.41, 5.74) is 0.483. The van der Waals surface area contributed by atoms with Gasteiger partial charge >= 0.3 is 5.97 Å². The van der Waals surface area contributed by atoms with Crippen LogP contribution >= 0.6 is 0 Å². The van der Waals surface area contributed by atoms with Gasteiger partial charge in [-0.05, 0) is 17.5 Å². The van der Waals surface area contributed by atoms with Crippen molar-refractivity contribution < 1.29 is 19.8 Å². The minimum Gasteiger partial charge on any atom is -0.479 e. The van der Waals surface area contributed by atoms with Gasteiger partial charge in [-0.1, -0.05) is 31.2 Å². The van der Waals surface area contributed by atoms with E-state index in [1.165, 1.54) is 5.56 Å². The summed E-state index contributed by atoms with van der Waals surface area (Å²) >= 11 is 0. The fourth-order valence-corrected chi connectivity index (χ4v) is 2.59. The third-order valence-corrected chi connectivity index (χ3v) is 4.10. The Hall–Kier alpha value is -1.88. The third-order valence-electron chi connectivity index (χ3n) is 4.10. The molecule has 0 atom stereocenters. The van der Waals surface area contributed by atoms with Crippen LogP contribution in [0.4, 0.5) is 0 Å². The van der Waals surface area contributed by atoms with E-state index in [1.54, 1.807) is 4.90 Å². The molecule has 1 saturated heterocycles. The van der Waals surface area contributed by atoms with Gasteiger partial charge in [0.05, 0.1) is 6.42 Å². The molecule has 0 saturated carbocycles. The van der Waals surface area contributed by atoms with Crippen LogP contribution in [0.3, 0.4) is 0 Å². The zero-order chi connectivity index (χ0) is 15.5. The SMILES string of the molecule is CCc1cccc(CC(=O)N2CCC(O)(C(=O)O)CC2)c1. The summed E-state index contributed by atoms with van der Waals surface area (Å²) in [7, 11) is 0. The van der Waals surface area contributed by atoms with E-state index in [2.05, 4.69) is 6.92 Å². The number of piperidine rings is 1. The summed E-state index contributed by atoms with van der Waals surface area (Å²) in [6.45, 7) is 2.64. The van der Waals surface area contributed by atoms with Crippen molar-refractivity contribution in [3.05, 3.63) is 35.4 Å². The minimum atomic E-state index is -1.68. The highest BCUT2D eigenvalue weighted by Crippen LogP contribution is 2.23. The van der Waals surface area contributed by atoms with Crippen molar-refractivity contribution in [2.45, 2.75) is 38.2 Å². The lowest BCUT2D eigenvalue weighted by molar-refractivity contribution is -0.165. The van der Waals surface area contributed by atoms with Crippen LogP contribution in [-0.2, 0) is 22.4 Å². The second-order valence-corrected chi connectivity index (χ2v) is 5.57. The first-order chi connectivity index (χ1) is 9.94. The van der Waals surface area contributed by atoms with Crippen molar-refractivity contribution in [3.63, 3.8) is 0 Å². The van der Waals surface area contributed by atoms with E-state index in [4.69, 9.17) is 5.11 Å². The van der Waals surface area contributed by atoms with Crippen molar-refractivity contribution in [2.75, 3.05) is 13.1 Å². The molecule has 0 radical (unpaired) electrons. The molecule has 0 bridgehead atoms. The van der Waals surface area contributed by atoms with Gasteiger partial charge < -0.3 is 15.1 Å². The van der Waals surface area contributed by atoms with Crippen LogP contribution in [0, 0.1) is 0 Å². The molecule has 1 aliphatic heterocycles. The quantitative estimate of drug-likeness (QED) is 0.874. The molecule has 0 spiro atoms. The topological polar surface area (TPSA) is 77.8 Å². The summed E-state index contributed by atoms with van der Waals surface area (Å²) in [6.07, 6.45) is 1.42. The molecule has 5 heteroatoms. The molecule has 0 aromatic heterocycles. The number of aryl methyl sites for hydroxylation is 1. The van der Waals surface area contributed by atoms with Crippen LogP contribution in [0.2, 0.25) is 0 Å². The molecule has 0 aliphatic carbocycles. The molecule has 1 aliphatic rings. The molecule has 5 nitrogen and oxygen atoms in total. The predicted molar refractivity (Wildman–Crippen MR) is 77.9 cm³/mol. The number of nitrogens with zero attached hydrogens (tertiary/aromatic N) is 1. The second kappa shape index (κ2) is 6.26. The number of rotatable bonds is 4. The lowest BCUT2D eigenvalue weighted by Gasteiger charge is -2.35. The van der Waals surface area contributed by atoms with Crippen LogP contribution in [0.5, 0.6) is 0 Å². The molecule has 1 amide bonds. The number of amides is 1. The van der Waals surface area contributed by atoms with Crippen LogP contribution < -0.4 is 0 Å². The van der Waals surface area contributed by atoms with Crippen LogP contribution in [-0.4, -0.2) is 45.7 Å². The zero-order valence-electron chi connectivity index (χ0n) is 12.2. The molecule has 1 fully saturated rings. The molecular weight excluding hydrogens is 270 g/mol. The van der Waals surface area contributed by atoms with Gasteiger partial charge in [0.1, 0.15) is 0 Å². The maximum Gasteiger partial charge on any atom is 0.335 e. The number of carboxylic acids is 1. The monoisotopic (exact) mass is 291 g/mol. The lowest BCUT2D eigenvalue weighted by Crippen LogP contribution is -2.51. The minimum absolute atomic E-state index is 0.0179. The highest BCUT2D eigenvalue weighted by molar-refractivity contribution is 5.80. The number of carbonyl (C=O) groups excluding carboxylic acids is 1. The van der Waals surface area contributed by atoms with Gasteiger partial charge in [0.25, 0.3) is 0 Å². The van der Waals surface area contributed by atoms with Gasteiger partial charge in [0.2, 0.25) is 5.91 Å². The van der Waals surface area contributed by atoms with E-state index in [-0.39, 0.29) is 31.8 Å². The van der Waals surface area contributed by atoms with Crippen molar-refractivity contribution in [3.8, 4) is 0 Å². The normalized spacial score (nSPS) is 17.5. The van der Waals surface area contributed by atoms with E-state index in [0.29, 0.717) is 6.42 Å². The summed E-state index contributed by atoms with van der Waals surface area (Å²) in [5.74, 6) is -1.22. The number of carboxylic acid groups (broad SMARTS) is 1. The standard InChI is InChI=1S/C16H21NO4/c1-2-12-4-3-5-13(10-12)11-14(18)17-8-6-16(21,7-9-17)15(19)20/h3-5,10,21H,2,6-9,11H2,1H3,(H,19,20). The Balaban J connectivity index is 1.94. The number of aliphatic carboxylic acids is 1. The largest absolute Gasteiger partial charge is 0.479 e. The second-order valence-electron chi connectivity index (χ2n) is 5.57. The first-order valence-corrected chi connectivity index (χ1v) is 7.26. The number of hydrogen-bond donors (Lipinski definition) is 2. The van der Waals surface area contributed by atoms with Crippen molar-refractivity contribution in [1.29, 1.82) is 0 Å². The van der Waals surface area contributed by atoms with Gasteiger partial charge in [0, 0.05) is 25.9 Å². The predicted octanol–water partition coefficient (Wildman–Crippen LogP) is 1.23. The molecule has 114 valence electrons. The molecule has 2 N–H and O–H groups in total. The van der Waals surface area contributed by atoms with Gasteiger partial charge in [-0.3, -0.25) is 4.79 Å². The van der Waals surface area contributed by atoms with E-state index >= 15 is 0 Å². The van der Waals surface area contributed by atoms with Crippen molar-refractivity contribution in [1.82, 2.24) is 4.90 Å². The number of hydrogen-bond acceptors (Lipinski definition) is 3. The van der Waals surface area contributed by atoms with E-state index in [9.17, 15) is 14.7 Å². The van der Waals surface area contributed by atoms with Crippen LogP contribution in [0.1, 0.15) is 30.9 Å². The Kier molecular flexibility index (Phi) is 4.63. The molecule has 1 aromatic carbocycles. The van der Waals surface area contributed by atoms with E-state index in [1.807, 2.05) is 24.3 Å². The van der Waals surface area contributed by atoms with Gasteiger partial charge in [-0.25, -0.2) is 4.79 Å². The number of likely N-dealkylation sites (tertiary alicyclic amines) is 1. The molecule has 2 rings (SSSR count). The summed E-state index contributed by atoms with van der Waals surface area (Å²) in [5, 5.41) is 18.8. The average Bonchev–Trinajstić information content (AvgIpc) is 2.48. The van der Waals surface area contributed by atoms with Gasteiger partial charge in [-0.15, -0.1) is 0 Å². The Morgan fingerprint density at radius 1 is 1.24 bits per heavy atom. The molecule has 1 heterocycles. The highest BCUT2D eigenvalue weighted by atomic mass is 16.4. The number of aliphatic hydroxyl groups is 1. The van der Waals surface area contributed by atoms with E-state index in [0.717, 1.165) is 12.0 Å². The molecular formula is C16H21NO4. The lowest BCUT2D eigenvalue weighted by atomic mass is 9.91. The molecule has 21 heavy (non-hydrogen) atoms. The number of benzene rings is 1. The average molecular weight is 291 g/mol. The fourth-order valence-electron chi connectivity index (χ4n) is 2.59. The Morgan fingerprint density at radius 2 is 1.86 bits per heavy atom. The van der Waals surface area contributed by atoms with E-state index < -0.39 is 11.6 Å². The van der Waals surface area contributed by atoms with Gasteiger partial charge in [-0.2, -0.15) is 0 Å². The maximum atomic E-state index is 12.2. The summed E-state index contributed by atoms with van der Waals surface area (Å²) in [4.78, 5) is 24.8. The Morgan fingerprint density at radius 3 is 2.43 bits per heavy atom. The molecule has 0 unspecified atom stereocenters. The highest BCUT2D eigenvalue weighted by Gasteiger charge is 2.40. The third kappa shape index (κ3) is 3.61. The van der Waals surface area contributed by atoms with Crippen molar-refractivity contribution >= 4 is 11.9 Å². The maximum absolute atomic E-state index is 12.2. The Bertz CT molecular complexity index is 533. The molecule has 1 aromatic rings. The fraction of sp³-hybridized carbons (Fsp3) is 0.500. The zero-order valence-corrected chi connectivity index (χ0v) is 12.2. The van der Waals surface area contributed by atoms with Gasteiger partial charge in [0.15, 0.2) is 5.60 Å². The first-order valence-electron chi connectivity index (χ1n) is 7.26. The van der Waals surface area contributed by atoms with Crippen LogP contribution in [0.25, 0.3) is 0 Å². The summed E-state index contributed by atoms with van der Waals surface area (Å²) in [6, 6.07) is 7.92. The summed E-state index contributed by atoms with van der Waals surface area (Å²) < 4.78 is 0. The van der Waals surface area contributed by atoms with Crippen LogP contribution in [0.15, 0.2) is 24.3 Å².